The molecule has 0 unspecified atom stereocenters. The van der Waals surface area contributed by atoms with E-state index in [4.69, 9.17) is 14.2 Å². The maximum absolute atomic E-state index is 15.4. The molecule has 4 rings (SSSR count). The van der Waals surface area contributed by atoms with Crippen molar-refractivity contribution in [1.29, 1.82) is 0 Å². The highest BCUT2D eigenvalue weighted by atomic mass is 19.1. The molecule has 0 radical (unpaired) electrons. The van der Waals surface area contributed by atoms with E-state index < -0.39 is 17.2 Å². The SMILES string of the molecule is CCOC(=O)c1cn(CC)c2c(OCc3ccccc3)c(OCc3ccccc3)c(F)cc2c1=O. The summed E-state index contributed by atoms with van der Waals surface area (Å²) < 4.78 is 34.2. The molecule has 1 aromatic heterocycles. The van der Waals surface area contributed by atoms with Crippen LogP contribution in [0.2, 0.25) is 0 Å². The number of hydrogen-bond acceptors (Lipinski definition) is 5. The lowest BCUT2D eigenvalue weighted by Gasteiger charge is -2.19. The number of aromatic nitrogens is 1. The average Bonchev–Trinajstić information content (AvgIpc) is 2.88. The van der Waals surface area contributed by atoms with E-state index in [2.05, 4.69) is 0 Å². The van der Waals surface area contributed by atoms with E-state index in [-0.39, 0.29) is 42.3 Å². The van der Waals surface area contributed by atoms with Crippen LogP contribution in [0.15, 0.2) is 77.7 Å². The second-order valence-electron chi connectivity index (χ2n) is 7.84. The first-order valence-electron chi connectivity index (χ1n) is 11.4. The predicted octanol–water partition coefficient (Wildman–Crippen LogP) is 5.50. The number of pyridine rings is 1. The second-order valence-corrected chi connectivity index (χ2v) is 7.84. The zero-order valence-electron chi connectivity index (χ0n) is 19.6. The van der Waals surface area contributed by atoms with Crippen LogP contribution >= 0.6 is 0 Å². The van der Waals surface area contributed by atoms with Gasteiger partial charge in [-0.1, -0.05) is 60.7 Å². The molecule has 0 aliphatic heterocycles. The normalized spacial score (nSPS) is 10.8. The van der Waals surface area contributed by atoms with Gasteiger partial charge in [-0.2, -0.15) is 0 Å². The van der Waals surface area contributed by atoms with E-state index in [0.29, 0.717) is 12.1 Å². The van der Waals surface area contributed by atoms with Crippen molar-refractivity contribution in [2.45, 2.75) is 33.6 Å². The Kier molecular flexibility index (Phi) is 7.45. The summed E-state index contributed by atoms with van der Waals surface area (Å²) in [5.74, 6) is -1.49. The fourth-order valence-corrected chi connectivity index (χ4v) is 3.81. The molecule has 0 saturated heterocycles. The minimum atomic E-state index is -0.753. The van der Waals surface area contributed by atoms with Gasteiger partial charge in [-0.15, -0.1) is 0 Å². The minimum absolute atomic E-state index is 0.0185. The molecular weight excluding hydrogens is 449 g/mol. The van der Waals surface area contributed by atoms with Gasteiger partial charge in [-0.3, -0.25) is 4.79 Å². The Morgan fingerprint density at radius 2 is 1.46 bits per heavy atom. The summed E-state index contributed by atoms with van der Waals surface area (Å²) in [6.45, 7) is 4.28. The molecular formula is C28H26FNO5. The zero-order chi connectivity index (χ0) is 24.8. The van der Waals surface area contributed by atoms with Gasteiger partial charge in [0, 0.05) is 12.7 Å². The molecule has 1 heterocycles. The van der Waals surface area contributed by atoms with Crippen molar-refractivity contribution in [1.82, 2.24) is 4.57 Å². The van der Waals surface area contributed by atoms with Gasteiger partial charge in [0.25, 0.3) is 0 Å². The summed E-state index contributed by atoms with van der Waals surface area (Å²) in [5.41, 5.74) is 1.29. The summed E-state index contributed by atoms with van der Waals surface area (Å²) >= 11 is 0. The minimum Gasteiger partial charge on any atom is -0.483 e. The largest absolute Gasteiger partial charge is 0.483 e. The fourth-order valence-electron chi connectivity index (χ4n) is 3.81. The van der Waals surface area contributed by atoms with Gasteiger partial charge in [-0.05, 0) is 31.0 Å². The number of hydrogen-bond donors (Lipinski definition) is 0. The van der Waals surface area contributed by atoms with Crippen molar-refractivity contribution >= 4 is 16.9 Å². The first-order valence-corrected chi connectivity index (χ1v) is 11.4. The highest BCUT2D eigenvalue weighted by Crippen LogP contribution is 2.39. The van der Waals surface area contributed by atoms with E-state index in [1.54, 1.807) is 11.5 Å². The third-order valence-electron chi connectivity index (χ3n) is 5.51. The quantitative estimate of drug-likeness (QED) is 0.299. The molecule has 0 spiro atoms. The summed E-state index contributed by atoms with van der Waals surface area (Å²) in [4.78, 5) is 25.6. The number of carbonyl (C=O) groups excluding carboxylic acids is 1. The molecule has 35 heavy (non-hydrogen) atoms. The van der Waals surface area contributed by atoms with E-state index >= 15 is 4.39 Å². The molecule has 180 valence electrons. The van der Waals surface area contributed by atoms with Crippen molar-refractivity contribution in [3.05, 3.63) is 106 Å². The second kappa shape index (κ2) is 10.9. The Morgan fingerprint density at radius 3 is 2.00 bits per heavy atom. The Balaban J connectivity index is 1.87. The van der Waals surface area contributed by atoms with Crippen LogP contribution in [-0.2, 0) is 24.5 Å². The topological polar surface area (TPSA) is 66.8 Å². The number of carbonyl (C=O) groups is 1. The summed E-state index contributed by atoms with van der Waals surface area (Å²) in [7, 11) is 0. The molecule has 3 aromatic carbocycles. The monoisotopic (exact) mass is 475 g/mol. The average molecular weight is 476 g/mol. The summed E-state index contributed by atoms with van der Waals surface area (Å²) in [6, 6.07) is 19.9. The van der Waals surface area contributed by atoms with E-state index in [1.165, 1.54) is 6.20 Å². The lowest BCUT2D eigenvalue weighted by molar-refractivity contribution is 0.0524. The molecule has 7 heteroatoms. The third kappa shape index (κ3) is 5.19. The van der Waals surface area contributed by atoms with Crippen LogP contribution in [0.3, 0.4) is 0 Å². The molecule has 0 fully saturated rings. The number of fused-ring (bicyclic) bond motifs is 1. The van der Waals surface area contributed by atoms with E-state index in [1.807, 2.05) is 67.6 Å². The molecule has 0 amide bonds. The van der Waals surface area contributed by atoms with Crippen molar-refractivity contribution in [2.24, 2.45) is 0 Å². The number of halogens is 1. The smallest absolute Gasteiger partial charge is 0.343 e. The number of rotatable bonds is 9. The van der Waals surface area contributed by atoms with Crippen LogP contribution in [0, 0.1) is 5.82 Å². The highest BCUT2D eigenvalue weighted by Gasteiger charge is 2.24. The molecule has 0 N–H and O–H groups in total. The Morgan fingerprint density at radius 1 is 0.886 bits per heavy atom. The van der Waals surface area contributed by atoms with Crippen LogP contribution in [-0.4, -0.2) is 17.1 Å². The number of ether oxygens (including phenoxy) is 3. The maximum atomic E-state index is 15.4. The first kappa shape index (κ1) is 24.0. The Hall–Kier alpha value is -4.13. The van der Waals surface area contributed by atoms with Crippen LogP contribution in [0.4, 0.5) is 4.39 Å². The van der Waals surface area contributed by atoms with Crippen molar-refractivity contribution in [3.63, 3.8) is 0 Å². The molecule has 4 aromatic rings. The van der Waals surface area contributed by atoms with Gasteiger partial charge in [0.2, 0.25) is 5.43 Å². The van der Waals surface area contributed by atoms with Crippen molar-refractivity contribution in [3.8, 4) is 11.5 Å². The highest BCUT2D eigenvalue weighted by molar-refractivity contribution is 5.96. The lowest BCUT2D eigenvalue weighted by atomic mass is 10.1. The van der Waals surface area contributed by atoms with Crippen LogP contribution in [0.25, 0.3) is 10.9 Å². The van der Waals surface area contributed by atoms with E-state index in [9.17, 15) is 9.59 Å². The first-order chi connectivity index (χ1) is 17.0. The standard InChI is InChI=1S/C28H26FNO5/c1-3-30-16-22(28(32)33-4-2)25(31)21-15-23(29)26(34-17-19-11-7-5-8-12-19)27(24(21)30)35-18-20-13-9-6-10-14-20/h5-16H,3-4,17-18H2,1-2H3. The molecule has 0 bridgehead atoms. The molecule has 0 aliphatic rings. The Bertz CT molecular complexity index is 1380. The lowest BCUT2D eigenvalue weighted by Crippen LogP contribution is -2.21. The van der Waals surface area contributed by atoms with Crippen LogP contribution < -0.4 is 14.9 Å². The number of aryl methyl sites for hydroxylation is 1. The third-order valence-corrected chi connectivity index (χ3v) is 5.51. The van der Waals surface area contributed by atoms with Gasteiger partial charge in [-0.25, -0.2) is 9.18 Å². The van der Waals surface area contributed by atoms with E-state index in [0.717, 1.165) is 17.2 Å². The summed E-state index contributed by atoms with van der Waals surface area (Å²) in [6.07, 6.45) is 1.43. The van der Waals surface area contributed by atoms with Crippen molar-refractivity contribution in [2.75, 3.05) is 6.61 Å². The Labute approximate surface area is 202 Å². The molecule has 0 atom stereocenters. The zero-order valence-corrected chi connectivity index (χ0v) is 19.6. The number of nitrogens with zero attached hydrogens (tertiary/aromatic N) is 1. The number of benzene rings is 3. The van der Waals surface area contributed by atoms with Gasteiger partial charge in [0.1, 0.15) is 18.8 Å². The van der Waals surface area contributed by atoms with Crippen LogP contribution in [0.1, 0.15) is 35.3 Å². The van der Waals surface area contributed by atoms with Gasteiger partial charge < -0.3 is 18.8 Å². The molecule has 0 saturated carbocycles. The molecule has 6 nitrogen and oxygen atoms in total. The van der Waals surface area contributed by atoms with Crippen LogP contribution in [0.5, 0.6) is 11.5 Å². The van der Waals surface area contributed by atoms with Crippen molar-refractivity contribution < 1.29 is 23.4 Å². The molecule has 0 aliphatic carbocycles. The van der Waals surface area contributed by atoms with Gasteiger partial charge in [0.05, 0.1) is 17.5 Å². The van der Waals surface area contributed by atoms with Gasteiger partial charge in [0.15, 0.2) is 17.3 Å². The van der Waals surface area contributed by atoms with Gasteiger partial charge >= 0.3 is 5.97 Å². The fraction of sp³-hybridized carbons (Fsp3) is 0.214. The summed E-state index contributed by atoms with van der Waals surface area (Å²) in [5, 5.41) is 0.0185. The number of esters is 1. The maximum Gasteiger partial charge on any atom is 0.343 e. The predicted molar refractivity (Wildman–Crippen MR) is 131 cm³/mol.